The van der Waals surface area contributed by atoms with Crippen molar-refractivity contribution in [1.29, 1.82) is 0 Å². The molecule has 6 heteroatoms. The molecule has 106 valence electrons. The lowest BCUT2D eigenvalue weighted by Gasteiger charge is -2.16. The normalized spacial score (nSPS) is 13.5. The lowest BCUT2D eigenvalue weighted by atomic mass is 9.99. The van der Waals surface area contributed by atoms with Crippen molar-refractivity contribution in [2.45, 2.75) is 25.7 Å². The number of nitrogens with one attached hydrogen (secondary N) is 1. The summed E-state index contributed by atoms with van der Waals surface area (Å²) in [5, 5.41) is 8.85. The van der Waals surface area contributed by atoms with Crippen LogP contribution in [0.25, 0.3) is 0 Å². The van der Waals surface area contributed by atoms with Crippen LogP contribution in [0.4, 0.5) is 0 Å². The number of hydrogen-bond donors (Lipinski definition) is 2. The van der Waals surface area contributed by atoms with Crippen LogP contribution < -0.4 is 4.72 Å². The highest BCUT2D eigenvalue weighted by Gasteiger charge is 2.17. The molecule has 1 aromatic carbocycles. The van der Waals surface area contributed by atoms with Gasteiger partial charge in [0.05, 0.1) is 10.5 Å². The smallest absolute Gasteiger partial charge is 0.335 e. The van der Waals surface area contributed by atoms with Gasteiger partial charge < -0.3 is 5.11 Å². The highest BCUT2D eigenvalue weighted by molar-refractivity contribution is 7.89. The summed E-state index contributed by atoms with van der Waals surface area (Å²) >= 11 is 0. The van der Waals surface area contributed by atoms with E-state index in [-0.39, 0.29) is 16.4 Å². The maximum Gasteiger partial charge on any atom is 0.335 e. The zero-order valence-corrected chi connectivity index (χ0v) is 12.1. The van der Waals surface area contributed by atoms with Crippen molar-refractivity contribution in [2.24, 2.45) is 11.8 Å². The molecule has 0 saturated heterocycles. The molecule has 2 N–H and O–H groups in total. The van der Waals surface area contributed by atoms with Gasteiger partial charge in [-0.05, 0) is 30.0 Å². The molecular formula is C13H19NO4S. The zero-order chi connectivity index (χ0) is 14.6. The molecule has 5 nitrogen and oxygen atoms in total. The third-order valence-electron chi connectivity index (χ3n) is 3.12. The third kappa shape index (κ3) is 4.33. The second kappa shape index (κ2) is 6.16. The molecule has 0 spiro atoms. The molecule has 19 heavy (non-hydrogen) atoms. The Bertz CT molecular complexity index is 552. The van der Waals surface area contributed by atoms with E-state index in [2.05, 4.69) is 4.72 Å². The summed E-state index contributed by atoms with van der Waals surface area (Å²) in [7, 11) is -3.66. The first kappa shape index (κ1) is 15.7. The fourth-order valence-electron chi connectivity index (χ4n) is 1.36. The molecule has 0 amide bonds. The summed E-state index contributed by atoms with van der Waals surface area (Å²) in [6.45, 7) is 6.33. The largest absolute Gasteiger partial charge is 0.478 e. The van der Waals surface area contributed by atoms with Crippen LogP contribution in [-0.4, -0.2) is 26.0 Å². The third-order valence-corrected chi connectivity index (χ3v) is 4.55. The molecule has 0 aromatic heterocycles. The first-order chi connectivity index (χ1) is 8.74. The number of rotatable bonds is 6. The average molecular weight is 285 g/mol. The van der Waals surface area contributed by atoms with Gasteiger partial charge in [0.15, 0.2) is 0 Å². The van der Waals surface area contributed by atoms with Gasteiger partial charge in [0, 0.05) is 6.54 Å². The topological polar surface area (TPSA) is 83.5 Å². The van der Waals surface area contributed by atoms with Crippen molar-refractivity contribution >= 4 is 16.0 Å². The minimum atomic E-state index is -3.66. The van der Waals surface area contributed by atoms with E-state index < -0.39 is 16.0 Å². The summed E-state index contributed by atoms with van der Waals surface area (Å²) in [5.41, 5.74) is -0.0419. The van der Waals surface area contributed by atoms with E-state index >= 15 is 0 Å². The monoisotopic (exact) mass is 285 g/mol. The molecule has 0 bridgehead atoms. The molecule has 0 aliphatic rings. The first-order valence-corrected chi connectivity index (χ1v) is 7.55. The fourth-order valence-corrected chi connectivity index (χ4v) is 2.55. The van der Waals surface area contributed by atoms with Gasteiger partial charge in [0.1, 0.15) is 0 Å². The van der Waals surface area contributed by atoms with Crippen molar-refractivity contribution in [3.63, 3.8) is 0 Å². The molecule has 1 unspecified atom stereocenters. The Morgan fingerprint density at radius 3 is 2.47 bits per heavy atom. The molecule has 0 aliphatic heterocycles. The Morgan fingerprint density at radius 2 is 1.95 bits per heavy atom. The Labute approximate surface area is 113 Å². The minimum absolute atomic E-state index is 0.0247. The van der Waals surface area contributed by atoms with Gasteiger partial charge in [0.25, 0.3) is 0 Å². The number of benzene rings is 1. The van der Waals surface area contributed by atoms with E-state index in [1.54, 1.807) is 0 Å². The van der Waals surface area contributed by atoms with Crippen molar-refractivity contribution in [2.75, 3.05) is 6.54 Å². The van der Waals surface area contributed by atoms with Gasteiger partial charge in [-0.15, -0.1) is 0 Å². The van der Waals surface area contributed by atoms with Crippen molar-refractivity contribution in [3.8, 4) is 0 Å². The number of aromatic carboxylic acids is 1. The van der Waals surface area contributed by atoms with Crippen LogP contribution in [0.2, 0.25) is 0 Å². The molecule has 0 saturated carbocycles. The number of carbonyl (C=O) groups is 1. The Balaban J connectivity index is 2.89. The number of hydrogen-bond acceptors (Lipinski definition) is 3. The molecular weight excluding hydrogens is 266 g/mol. The van der Waals surface area contributed by atoms with Crippen LogP contribution in [0.5, 0.6) is 0 Å². The fraction of sp³-hybridized carbons (Fsp3) is 0.462. The van der Waals surface area contributed by atoms with Crippen LogP contribution >= 0.6 is 0 Å². The zero-order valence-electron chi connectivity index (χ0n) is 11.3. The molecule has 1 aromatic rings. The van der Waals surface area contributed by atoms with Gasteiger partial charge >= 0.3 is 5.97 Å². The van der Waals surface area contributed by atoms with E-state index in [1.165, 1.54) is 18.2 Å². The summed E-state index contributed by atoms with van der Waals surface area (Å²) in [6.07, 6.45) is 0. The number of sulfonamides is 1. The van der Waals surface area contributed by atoms with Gasteiger partial charge in [-0.3, -0.25) is 0 Å². The number of carboxylic acids is 1. The Hall–Kier alpha value is -1.40. The van der Waals surface area contributed by atoms with Crippen LogP contribution in [0.3, 0.4) is 0 Å². The van der Waals surface area contributed by atoms with E-state index in [0.717, 1.165) is 6.07 Å². The van der Waals surface area contributed by atoms with Crippen molar-refractivity contribution in [1.82, 2.24) is 4.72 Å². The van der Waals surface area contributed by atoms with Gasteiger partial charge in [-0.25, -0.2) is 17.9 Å². The van der Waals surface area contributed by atoms with Gasteiger partial charge in [-0.1, -0.05) is 26.8 Å². The maximum absolute atomic E-state index is 12.0. The quantitative estimate of drug-likeness (QED) is 0.837. The van der Waals surface area contributed by atoms with E-state index in [0.29, 0.717) is 12.5 Å². The second-order valence-corrected chi connectivity index (χ2v) is 6.67. The molecule has 1 atom stereocenters. The first-order valence-electron chi connectivity index (χ1n) is 6.07. The van der Waals surface area contributed by atoms with E-state index in [1.807, 2.05) is 20.8 Å². The SMILES string of the molecule is CC(C)C(C)CNS(=O)(=O)c1cccc(C(=O)O)c1. The highest BCUT2D eigenvalue weighted by atomic mass is 32.2. The van der Waals surface area contributed by atoms with Crippen molar-refractivity contribution < 1.29 is 18.3 Å². The predicted octanol–water partition coefficient (Wildman–Crippen LogP) is 1.96. The summed E-state index contributed by atoms with van der Waals surface area (Å²) in [5.74, 6) is -0.571. The van der Waals surface area contributed by atoms with Crippen LogP contribution in [0.1, 0.15) is 31.1 Å². The van der Waals surface area contributed by atoms with E-state index in [4.69, 9.17) is 5.11 Å². The van der Waals surface area contributed by atoms with Crippen LogP contribution in [-0.2, 0) is 10.0 Å². The molecule has 0 aliphatic carbocycles. The Kier molecular flexibility index (Phi) is 5.08. The average Bonchev–Trinajstić information content (AvgIpc) is 2.36. The summed E-state index contributed by atoms with van der Waals surface area (Å²) < 4.78 is 26.6. The lowest BCUT2D eigenvalue weighted by molar-refractivity contribution is 0.0696. The minimum Gasteiger partial charge on any atom is -0.478 e. The van der Waals surface area contributed by atoms with Crippen molar-refractivity contribution in [3.05, 3.63) is 29.8 Å². The van der Waals surface area contributed by atoms with Gasteiger partial charge in [-0.2, -0.15) is 0 Å². The molecule has 0 fully saturated rings. The summed E-state index contributed by atoms with van der Waals surface area (Å²) in [4.78, 5) is 10.8. The second-order valence-electron chi connectivity index (χ2n) is 4.91. The van der Waals surface area contributed by atoms with Crippen LogP contribution in [0.15, 0.2) is 29.2 Å². The maximum atomic E-state index is 12.0. The van der Waals surface area contributed by atoms with E-state index in [9.17, 15) is 13.2 Å². The molecule has 0 radical (unpaired) electrons. The standard InChI is InChI=1S/C13H19NO4S/c1-9(2)10(3)8-14-19(17,18)12-6-4-5-11(7-12)13(15)16/h4-7,9-10,14H,8H2,1-3H3,(H,15,16). The highest BCUT2D eigenvalue weighted by Crippen LogP contribution is 2.13. The Morgan fingerprint density at radius 1 is 1.32 bits per heavy atom. The molecule has 0 heterocycles. The number of carboxylic acid groups (broad SMARTS) is 1. The summed E-state index contributed by atoms with van der Waals surface area (Å²) in [6, 6.07) is 5.32. The van der Waals surface area contributed by atoms with Crippen LogP contribution in [0, 0.1) is 11.8 Å². The lowest BCUT2D eigenvalue weighted by Crippen LogP contribution is -2.30. The molecule has 1 rings (SSSR count). The van der Waals surface area contributed by atoms with Gasteiger partial charge in [0.2, 0.25) is 10.0 Å². The predicted molar refractivity (Wildman–Crippen MR) is 72.6 cm³/mol.